The smallest absolute Gasteiger partial charge is 0.382 e. The van der Waals surface area contributed by atoms with Gasteiger partial charge in [-0.2, -0.15) is 13.2 Å². The first-order valence-corrected chi connectivity index (χ1v) is 15.9. The van der Waals surface area contributed by atoms with Crippen molar-refractivity contribution in [3.05, 3.63) is 58.9 Å². The molecule has 2 heterocycles. The van der Waals surface area contributed by atoms with Crippen molar-refractivity contribution in [1.29, 1.82) is 0 Å². The maximum Gasteiger partial charge on any atom is 0.391 e. The van der Waals surface area contributed by atoms with Crippen LogP contribution in [0.4, 0.5) is 13.2 Å². The normalized spacial score (nSPS) is 22.5. The summed E-state index contributed by atoms with van der Waals surface area (Å²) in [7, 11) is -1.80. The van der Waals surface area contributed by atoms with Crippen molar-refractivity contribution in [1.82, 2.24) is 15.2 Å². The van der Waals surface area contributed by atoms with Gasteiger partial charge in [0, 0.05) is 26.4 Å². The maximum atomic E-state index is 13.3. The molecule has 2 aromatic rings. The Morgan fingerprint density at radius 3 is 2.37 bits per heavy atom. The highest BCUT2D eigenvalue weighted by molar-refractivity contribution is 7.91. The number of aromatic nitrogens is 1. The summed E-state index contributed by atoms with van der Waals surface area (Å²) in [5.41, 5.74) is 3.00. The zero-order valence-electron chi connectivity index (χ0n) is 24.1. The highest BCUT2D eigenvalue weighted by Crippen LogP contribution is 2.43. The summed E-state index contributed by atoms with van der Waals surface area (Å²) in [6, 6.07) is 7.84. The van der Waals surface area contributed by atoms with Gasteiger partial charge >= 0.3 is 6.18 Å². The van der Waals surface area contributed by atoms with Crippen LogP contribution in [0.15, 0.2) is 41.4 Å². The predicted molar refractivity (Wildman–Crippen MR) is 150 cm³/mol. The van der Waals surface area contributed by atoms with Crippen molar-refractivity contribution in [2.75, 3.05) is 26.0 Å². The Bertz CT molecular complexity index is 1310. The van der Waals surface area contributed by atoms with Crippen LogP contribution in [0.5, 0.6) is 0 Å². The Kier molecular flexibility index (Phi) is 9.81. The van der Waals surface area contributed by atoms with E-state index in [0.29, 0.717) is 31.5 Å². The summed E-state index contributed by atoms with van der Waals surface area (Å²) in [5.74, 6) is -1.05. The zero-order chi connectivity index (χ0) is 29.9. The Labute approximate surface area is 240 Å². The Morgan fingerprint density at radius 1 is 1.15 bits per heavy atom. The molecule has 2 aliphatic rings. The average molecular weight is 596 g/mol. The number of carbonyl (C=O) groups excluding carboxylic acids is 1. The second-order valence-electron chi connectivity index (χ2n) is 11.6. The largest absolute Gasteiger partial charge is 0.391 e. The third-order valence-electron chi connectivity index (χ3n) is 8.40. The first-order chi connectivity index (χ1) is 19.3. The van der Waals surface area contributed by atoms with Gasteiger partial charge in [-0.1, -0.05) is 32.9 Å². The molecule has 41 heavy (non-hydrogen) atoms. The molecule has 1 amide bonds. The van der Waals surface area contributed by atoms with Gasteiger partial charge in [-0.05, 0) is 66.8 Å². The lowest BCUT2D eigenvalue weighted by molar-refractivity contribution is -0.184. The fourth-order valence-electron chi connectivity index (χ4n) is 6.15. The highest BCUT2D eigenvalue weighted by atomic mass is 32.2. The van der Waals surface area contributed by atoms with Gasteiger partial charge in [0.15, 0.2) is 9.84 Å². The van der Waals surface area contributed by atoms with Crippen molar-refractivity contribution in [2.24, 2.45) is 17.8 Å². The molecule has 1 saturated carbocycles. The van der Waals surface area contributed by atoms with Crippen LogP contribution in [-0.4, -0.2) is 56.4 Å². The van der Waals surface area contributed by atoms with E-state index < -0.39 is 28.0 Å². The number of methoxy groups -OCH3 is 1. The van der Waals surface area contributed by atoms with Gasteiger partial charge < -0.3 is 10.1 Å². The summed E-state index contributed by atoms with van der Waals surface area (Å²) in [6.45, 7) is 7.33. The van der Waals surface area contributed by atoms with Crippen molar-refractivity contribution in [2.45, 2.75) is 76.2 Å². The van der Waals surface area contributed by atoms with E-state index in [9.17, 15) is 26.4 Å². The number of nitrogens with one attached hydrogen (secondary N) is 1. The zero-order valence-corrected chi connectivity index (χ0v) is 24.9. The van der Waals surface area contributed by atoms with Gasteiger partial charge in [0.2, 0.25) is 0 Å². The molecule has 0 radical (unpaired) electrons. The number of halogens is 3. The molecule has 1 N–H and O–H groups in total. The second-order valence-corrected chi connectivity index (χ2v) is 13.9. The predicted octanol–water partition coefficient (Wildman–Crippen LogP) is 5.87. The molecule has 226 valence electrons. The monoisotopic (exact) mass is 595 g/mol. The van der Waals surface area contributed by atoms with Crippen LogP contribution in [0.25, 0.3) is 0 Å². The maximum absolute atomic E-state index is 13.3. The summed E-state index contributed by atoms with van der Waals surface area (Å²) < 4.78 is 69.1. The molecular formula is C30H40F3N3O4S. The van der Waals surface area contributed by atoms with E-state index in [1.165, 1.54) is 19.2 Å². The van der Waals surface area contributed by atoms with Crippen LogP contribution in [0.1, 0.15) is 85.7 Å². The summed E-state index contributed by atoms with van der Waals surface area (Å²) in [4.78, 5) is 20.5. The van der Waals surface area contributed by atoms with Gasteiger partial charge in [-0.25, -0.2) is 8.42 Å². The van der Waals surface area contributed by atoms with E-state index in [4.69, 9.17) is 9.72 Å². The van der Waals surface area contributed by atoms with Gasteiger partial charge in [0.05, 0.1) is 46.5 Å². The Balaban J connectivity index is 1.46. The van der Waals surface area contributed by atoms with E-state index in [-0.39, 0.29) is 53.9 Å². The molecule has 0 spiro atoms. The Hall–Kier alpha value is -2.50. The molecule has 1 fully saturated rings. The third kappa shape index (κ3) is 7.29. The number of pyridine rings is 1. The number of amides is 1. The number of fused-ring (bicyclic) bond motifs is 1. The van der Waals surface area contributed by atoms with Gasteiger partial charge in [-0.3, -0.25) is 14.7 Å². The second kappa shape index (κ2) is 12.8. The SMILES string of the molecule is CCS(=O)(=O)c1ccc([C@H](COC)NC(=O)c2cnc3c(c2)CN(C[C@H]2CC[C@H](C(F)(F)F)CC2)[C@H]3C(C)C)cc1. The number of sulfone groups is 1. The minimum atomic E-state index is -4.11. The lowest BCUT2D eigenvalue weighted by Crippen LogP contribution is -2.35. The van der Waals surface area contributed by atoms with Crippen molar-refractivity contribution >= 4 is 15.7 Å². The molecule has 1 aliphatic heterocycles. The van der Waals surface area contributed by atoms with E-state index in [0.717, 1.165) is 16.8 Å². The quantitative estimate of drug-likeness (QED) is 0.370. The lowest BCUT2D eigenvalue weighted by Gasteiger charge is -2.35. The van der Waals surface area contributed by atoms with E-state index in [1.54, 1.807) is 25.3 Å². The fourth-order valence-corrected chi connectivity index (χ4v) is 7.04. The third-order valence-corrected chi connectivity index (χ3v) is 10.2. The highest BCUT2D eigenvalue weighted by Gasteiger charge is 2.42. The van der Waals surface area contributed by atoms with Gasteiger partial charge in [0.1, 0.15) is 0 Å². The first-order valence-electron chi connectivity index (χ1n) is 14.3. The lowest BCUT2D eigenvalue weighted by atomic mass is 9.81. The Morgan fingerprint density at radius 2 is 1.80 bits per heavy atom. The van der Waals surface area contributed by atoms with Gasteiger partial charge in [0.25, 0.3) is 5.91 Å². The molecule has 0 saturated heterocycles. The van der Waals surface area contributed by atoms with E-state index >= 15 is 0 Å². The van der Waals surface area contributed by atoms with Crippen LogP contribution in [0.3, 0.4) is 0 Å². The number of benzene rings is 1. The first kappa shape index (κ1) is 31.4. The average Bonchev–Trinajstić information content (AvgIpc) is 3.30. The molecule has 1 aliphatic carbocycles. The number of hydrogen-bond acceptors (Lipinski definition) is 6. The number of ether oxygens (including phenoxy) is 1. The topological polar surface area (TPSA) is 88.6 Å². The molecular weight excluding hydrogens is 555 g/mol. The number of nitrogens with zero attached hydrogens (tertiary/aromatic N) is 2. The summed E-state index contributed by atoms with van der Waals surface area (Å²) >= 11 is 0. The number of carbonyl (C=O) groups is 1. The standard InChI is InChI=1S/C30H40F3N3O4S/c1-5-41(38,39)25-12-8-21(9-13-25)26(18-40-4)35-29(37)22-14-23-17-36(28(19(2)3)27(23)34-15-22)16-20-6-10-24(11-7-20)30(31,32)33/h8-9,12-15,19-20,24,26,28H,5-7,10-11,16-18H2,1-4H3,(H,35,37)/t20-,24-,26-,28-/m0/s1. The molecule has 11 heteroatoms. The van der Waals surface area contributed by atoms with Crippen LogP contribution in [-0.2, 0) is 21.1 Å². The van der Waals surface area contributed by atoms with E-state index in [2.05, 4.69) is 24.1 Å². The van der Waals surface area contributed by atoms with Crippen molar-refractivity contribution in [3.8, 4) is 0 Å². The number of hydrogen-bond donors (Lipinski definition) is 1. The van der Waals surface area contributed by atoms with Crippen LogP contribution in [0, 0.1) is 17.8 Å². The molecule has 7 nitrogen and oxygen atoms in total. The van der Waals surface area contributed by atoms with Crippen molar-refractivity contribution < 1.29 is 31.1 Å². The van der Waals surface area contributed by atoms with E-state index in [1.807, 2.05) is 6.07 Å². The van der Waals surface area contributed by atoms with Crippen molar-refractivity contribution in [3.63, 3.8) is 0 Å². The number of rotatable bonds is 10. The molecule has 1 aromatic heterocycles. The number of alkyl halides is 3. The van der Waals surface area contributed by atoms with Gasteiger partial charge in [-0.15, -0.1) is 0 Å². The molecule has 0 unspecified atom stereocenters. The molecule has 4 rings (SSSR count). The van der Waals surface area contributed by atoms with Crippen LogP contribution in [0.2, 0.25) is 0 Å². The fraction of sp³-hybridized carbons (Fsp3) is 0.600. The van der Waals surface area contributed by atoms with Crippen LogP contribution >= 0.6 is 0 Å². The minimum Gasteiger partial charge on any atom is -0.382 e. The molecule has 0 bridgehead atoms. The minimum absolute atomic E-state index is 0.00415. The summed E-state index contributed by atoms with van der Waals surface area (Å²) in [5, 5.41) is 2.98. The summed E-state index contributed by atoms with van der Waals surface area (Å²) in [6.07, 6.45) is -1.04. The van der Waals surface area contributed by atoms with Crippen LogP contribution < -0.4 is 5.32 Å². The molecule has 1 aromatic carbocycles. The molecule has 2 atom stereocenters.